The zero-order chi connectivity index (χ0) is 10.3. The van der Waals surface area contributed by atoms with Gasteiger partial charge in [0, 0.05) is 13.1 Å². The second kappa shape index (κ2) is 6.79. The summed E-state index contributed by atoms with van der Waals surface area (Å²) >= 11 is 1.77. The van der Waals surface area contributed by atoms with E-state index in [-0.39, 0.29) is 18.4 Å². The molecule has 0 saturated heterocycles. The summed E-state index contributed by atoms with van der Waals surface area (Å²) < 4.78 is 0. The standard InChI is InChI=1S/C9H16N2OS/c1-8(5-7-13-3)11(2)9(12)4-6-10/h8H,4-5,7H2,1-3H3. The summed E-state index contributed by atoms with van der Waals surface area (Å²) in [7, 11) is 1.75. The molecule has 0 aliphatic heterocycles. The van der Waals surface area contributed by atoms with E-state index in [0.29, 0.717) is 0 Å². The highest BCUT2D eigenvalue weighted by atomic mass is 32.2. The van der Waals surface area contributed by atoms with E-state index in [9.17, 15) is 4.79 Å². The van der Waals surface area contributed by atoms with Crippen LogP contribution in [0.4, 0.5) is 0 Å². The van der Waals surface area contributed by atoms with Crippen LogP contribution in [0.2, 0.25) is 0 Å². The lowest BCUT2D eigenvalue weighted by Gasteiger charge is -2.23. The molecular formula is C9H16N2OS. The fourth-order valence-corrected chi connectivity index (χ4v) is 1.50. The third-order valence-corrected chi connectivity index (χ3v) is 2.67. The molecule has 0 heterocycles. The molecule has 0 saturated carbocycles. The first-order valence-corrected chi connectivity index (χ1v) is 5.64. The lowest BCUT2D eigenvalue weighted by molar-refractivity contribution is -0.130. The largest absolute Gasteiger partial charge is 0.342 e. The minimum atomic E-state index is -0.0869. The van der Waals surface area contributed by atoms with Crippen LogP contribution < -0.4 is 0 Å². The van der Waals surface area contributed by atoms with E-state index in [1.54, 1.807) is 23.7 Å². The zero-order valence-corrected chi connectivity index (χ0v) is 9.23. The van der Waals surface area contributed by atoms with E-state index in [0.717, 1.165) is 12.2 Å². The van der Waals surface area contributed by atoms with Gasteiger partial charge in [0.2, 0.25) is 5.91 Å². The average molecular weight is 200 g/mol. The Labute approximate surface area is 84.1 Å². The van der Waals surface area contributed by atoms with Gasteiger partial charge in [0.15, 0.2) is 0 Å². The second-order valence-electron chi connectivity index (χ2n) is 2.97. The fraction of sp³-hybridized carbons (Fsp3) is 0.778. The van der Waals surface area contributed by atoms with E-state index in [2.05, 4.69) is 0 Å². The van der Waals surface area contributed by atoms with Gasteiger partial charge in [0.1, 0.15) is 6.42 Å². The van der Waals surface area contributed by atoms with Crippen LogP contribution in [0.5, 0.6) is 0 Å². The molecule has 0 aliphatic rings. The summed E-state index contributed by atoms with van der Waals surface area (Å²) in [4.78, 5) is 12.9. The van der Waals surface area contributed by atoms with Gasteiger partial charge in [-0.15, -0.1) is 0 Å². The second-order valence-corrected chi connectivity index (χ2v) is 3.96. The summed E-state index contributed by atoms with van der Waals surface area (Å²) in [6, 6.07) is 2.09. The third kappa shape index (κ3) is 4.79. The summed E-state index contributed by atoms with van der Waals surface area (Å²) in [5, 5.41) is 8.34. The van der Waals surface area contributed by atoms with Gasteiger partial charge in [-0.2, -0.15) is 17.0 Å². The first kappa shape index (κ1) is 12.3. The molecule has 0 N–H and O–H groups in total. The molecule has 74 valence electrons. The van der Waals surface area contributed by atoms with Gasteiger partial charge in [-0.25, -0.2) is 0 Å². The highest BCUT2D eigenvalue weighted by molar-refractivity contribution is 7.98. The zero-order valence-electron chi connectivity index (χ0n) is 8.41. The smallest absolute Gasteiger partial charge is 0.236 e. The summed E-state index contributed by atoms with van der Waals surface area (Å²) in [6.07, 6.45) is 3.01. The van der Waals surface area contributed by atoms with Crippen molar-refractivity contribution in [2.24, 2.45) is 0 Å². The number of thioether (sulfide) groups is 1. The van der Waals surface area contributed by atoms with Crippen LogP contribution in [0.15, 0.2) is 0 Å². The predicted octanol–water partition coefficient (Wildman–Crippen LogP) is 1.50. The molecular weight excluding hydrogens is 184 g/mol. The number of carbonyl (C=O) groups is 1. The summed E-state index contributed by atoms with van der Waals surface area (Å²) in [5.41, 5.74) is 0. The maximum atomic E-state index is 11.2. The number of amides is 1. The van der Waals surface area contributed by atoms with Gasteiger partial charge in [-0.1, -0.05) is 0 Å². The number of carbonyl (C=O) groups excluding carboxylic acids is 1. The van der Waals surface area contributed by atoms with Gasteiger partial charge in [-0.3, -0.25) is 4.79 Å². The summed E-state index contributed by atoms with van der Waals surface area (Å²) in [5.74, 6) is 0.960. The van der Waals surface area contributed by atoms with Gasteiger partial charge in [-0.05, 0) is 25.4 Å². The van der Waals surface area contributed by atoms with E-state index >= 15 is 0 Å². The Kier molecular flexibility index (Phi) is 6.43. The van der Waals surface area contributed by atoms with Crippen molar-refractivity contribution in [2.45, 2.75) is 25.8 Å². The van der Waals surface area contributed by atoms with Crippen LogP contribution in [0.1, 0.15) is 19.8 Å². The Hall–Kier alpha value is -0.690. The molecule has 13 heavy (non-hydrogen) atoms. The van der Waals surface area contributed by atoms with Crippen molar-refractivity contribution in [1.29, 1.82) is 5.26 Å². The molecule has 0 rings (SSSR count). The lowest BCUT2D eigenvalue weighted by atomic mass is 10.2. The first-order valence-electron chi connectivity index (χ1n) is 4.25. The van der Waals surface area contributed by atoms with E-state index < -0.39 is 0 Å². The number of rotatable bonds is 5. The maximum absolute atomic E-state index is 11.2. The van der Waals surface area contributed by atoms with Crippen molar-refractivity contribution in [1.82, 2.24) is 4.90 Å². The molecule has 0 radical (unpaired) electrons. The number of hydrogen-bond acceptors (Lipinski definition) is 3. The Balaban J connectivity index is 3.87. The van der Waals surface area contributed by atoms with Crippen LogP contribution in [0.3, 0.4) is 0 Å². The predicted molar refractivity (Wildman–Crippen MR) is 55.5 cm³/mol. The highest BCUT2D eigenvalue weighted by Crippen LogP contribution is 2.06. The molecule has 0 fully saturated rings. The van der Waals surface area contributed by atoms with E-state index in [1.807, 2.05) is 19.2 Å². The van der Waals surface area contributed by atoms with Crippen molar-refractivity contribution in [3.8, 4) is 6.07 Å². The van der Waals surface area contributed by atoms with E-state index in [1.165, 1.54) is 0 Å². The number of nitriles is 1. The lowest BCUT2D eigenvalue weighted by Crippen LogP contribution is -2.35. The van der Waals surface area contributed by atoms with Crippen molar-refractivity contribution < 1.29 is 4.79 Å². The molecule has 1 amide bonds. The normalized spacial score (nSPS) is 11.8. The molecule has 3 nitrogen and oxygen atoms in total. The van der Waals surface area contributed by atoms with Gasteiger partial charge in [0.25, 0.3) is 0 Å². The molecule has 0 spiro atoms. The minimum absolute atomic E-state index is 0.0138. The molecule has 1 atom stereocenters. The van der Waals surface area contributed by atoms with Gasteiger partial charge in [0.05, 0.1) is 6.07 Å². The Bertz CT molecular complexity index is 200. The Morgan fingerprint density at radius 2 is 2.31 bits per heavy atom. The SMILES string of the molecule is CSCCC(C)N(C)C(=O)CC#N. The fourth-order valence-electron chi connectivity index (χ4n) is 0.920. The van der Waals surface area contributed by atoms with Crippen LogP contribution in [-0.2, 0) is 4.79 Å². The maximum Gasteiger partial charge on any atom is 0.236 e. The first-order chi connectivity index (χ1) is 6.13. The topological polar surface area (TPSA) is 44.1 Å². The van der Waals surface area contributed by atoms with Crippen molar-refractivity contribution >= 4 is 17.7 Å². The van der Waals surface area contributed by atoms with Crippen LogP contribution in [0.25, 0.3) is 0 Å². The monoisotopic (exact) mass is 200 g/mol. The highest BCUT2D eigenvalue weighted by Gasteiger charge is 2.14. The third-order valence-electron chi connectivity index (χ3n) is 2.02. The molecule has 0 aromatic rings. The Morgan fingerprint density at radius 3 is 2.77 bits per heavy atom. The summed E-state index contributed by atoms with van der Waals surface area (Å²) in [6.45, 7) is 2.01. The Morgan fingerprint density at radius 1 is 1.69 bits per heavy atom. The molecule has 4 heteroatoms. The van der Waals surface area contributed by atoms with Crippen molar-refractivity contribution in [3.63, 3.8) is 0 Å². The molecule has 0 aromatic carbocycles. The van der Waals surface area contributed by atoms with Crippen LogP contribution >= 0.6 is 11.8 Å². The quantitative estimate of drug-likeness (QED) is 0.675. The average Bonchev–Trinajstić information content (AvgIpc) is 2.13. The molecule has 0 bridgehead atoms. The number of hydrogen-bond donors (Lipinski definition) is 0. The number of nitrogens with zero attached hydrogens (tertiary/aromatic N) is 2. The van der Waals surface area contributed by atoms with Crippen molar-refractivity contribution in [2.75, 3.05) is 19.1 Å². The minimum Gasteiger partial charge on any atom is -0.342 e. The van der Waals surface area contributed by atoms with Crippen LogP contribution in [0, 0.1) is 11.3 Å². The van der Waals surface area contributed by atoms with Crippen LogP contribution in [-0.4, -0.2) is 35.9 Å². The molecule has 0 aromatic heterocycles. The van der Waals surface area contributed by atoms with Gasteiger partial charge < -0.3 is 4.90 Å². The van der Waals surface area contributed by atoms with Gasteiger partial charge >= 0.3 is 0 Å². The molecule has 1 unspecified atom stereocenters. The van der Waals surface area contributed by atoms with E-state index in [4.69, 9.17) is 5.26 Å². The van der Waals surface area contributed by atoms with Crippen molar-refractivity contribution in [3.05, 3.63) is 0 Å². The molecule has 0 aliphatic carbocycles.